The molecule has 0 aromatic carbocycles. The molecule has 2 fully saturated rings. The molecule has 2 saturated heterocycles. The summed E-state index contributed by atoms with van der Waals surface area (Å²) in [5.74, 6) is -1.88. The van der Waals surface area contributed by atoms with E-state index in [2.05, 4.69) is 33.9 Å². The van der Waals surface area contributed by atoms with E-state index in [0.717, 1.165) is 0 Å². The Morgan fingerprint density at radius 1 is 1.32 bits per heavy atom. The molecule has 1 N–H and O–H groups in total. The fraction of sp³-hybridized carbons (Fsp3) is 0.867. The number of ether oxygens (including phenoxy) is 2. The largest absolute Gasteiger partial charge is 0.479 e. The van der Waals surface area contributed by atoms with Gasteiger partial charge in [-0.2, -0.15) is 0 Å². The van der Waals surface area contributed by atoms with Crippen LogP contribution in [0.5, 0.6) is 0 Å². The van der Waals surface area contributed by atoms with Crippen LogP contribution in [0.3, 0.4) is 0 Å². The van der Waals surface area contributed by atoms with E-state index in [-0.39, 0.29) is 17.0 Å². The lowest BCUT2D eigenvalue weighted by atomic mass is 9.96. The van der Waals surface area contributed by atoms with Gasteiger partial charge in [0, 0.05) is 6.42 Å². The molecule has 126 valence electrons. The summed E-state index contributed by atoms with van der Waals surface area (Å²) in [6, 6.07) is -0.212. The van der Waals surface area contributed by atoms with Crippen molar-refractivity contribution in [1.82, 2.24) is 4.57 Å². The van der Waals surface area contributed by atoms with Gasteiger partial charge in [0.2, 0.25) is 5.91 Å². The van der Waals surface area contributed by atoms with Gasteiger partial charge in [0.05, 0.1) is 6.04 Å². The van der Waals surface area contributed by atoms with Crippen molar-refractivity contribution in [3.8, 4) is 0 Å². The van der Waals surface area contributed by atoms with Crippen molar-refractivity contribution in [3.05, 3.63) is 0 Å². The van der Waals surface area contributed by atoms with Crippen LogP contribution in [0.4, 0.5) is 0 Å². The quantitative estimate of drug-likeness (QED) is 0.634. The van der Waals surface area contributed by atoms with Crippen LogP contribution in [0.2, 0.25) is 18.1 Å². The third-order valence-electron chi connectivity index (χ3n) is 5.17. The molecular weight excluding hydrogens is 302 g/mol. The molecule has 0 aromatic heterocycles. The van der Waals surface area contributed by atoms with Crippen LogP contribution < -0.4 is 0 Å². The molecule has 2 aliphatic heterocycles. The molecule has 0 aliphatic carbocycles. The zero-order valence-electron chi connectivity index (χ0n) is 14.5. The molecule has 0 radical (unpaired) electrons. The summed E-state index contributed by atoms with van der Waals surface area (Å²) in [7, 11) is -2.07. The van der Waals surface area contributed by atoms with E-state index in [1.165, 1.54) is 0 Å². The summed E-state index contributed by atoms with van der Waals surface area (Å²) in [5.41, 5.74) is 0. The molecule has 0 saturated carbocycles. The van der Waals surface area contributed by atoms with Gasteiger partial charge in [-0.15, -0.1) is 0 Å². The Bertz CT molecular complexity index is 497. The van der Waals surface area contributed by atoms with Gasteiger partial charge in [-0.25, -0.2) is 4.79 Å². The van der Waals surface area contributed by atoms with Crippen molar-refractivity contribution in [1.29, 1.82) is 0 Å². The van der Waals surface area contributed by atoms with Gasteiger partial charge in [-0.1, -0.05) is 33.9 Å². The summed E-state index contributed by atoms with van der Waals surface area (Å²) in [6.45, 7) is 14.1. The number of β-lactam (4-membered cyclic amide) rings is 1. The molecule has 2 rings (SSSR count). The lowest BCUT2D eigenvalue weighted by molar-refractivity contribution is -0.168. The van der Waals surface area contributed by atoms with E-state index in [9.17, 15) is 14.7 Å². The van der Waals surface area contributed by atoms with Gasteiger partial charge in [-0.3, -0.25) is 4.79 Å². The van der Waals surface area contributed by atoms with Crippen molar-refractivity contribution in [3.63, 3.8) is 0 Å². The van der Waals surface area contributed by atoms with E-state index in [0.29, 0.717) is 6.42 Å². The third kappa shape index (κ3) is 2.70. The molecule has 0 aromatic rings. The molecule has 0 unspecified atom stereocenters. The second-order valence-electron chi connectivity index (χ2n) is 8.20. The molecule has 0 bridgehead atoms. The topological polar surface area (TPSA) is 76.1 Å². The number of rotatable bonds is 3. The number of carboxylic acids is 1. The Hall–Kier alpha value is -0.923. The van der Waals surface area contributed by atoms with E-state index >= 15 is 0 Å². The number of hydrogen-bond donors (Lipinski definition) is 1. The van der Waals surface area contributed by atoms with E-state index in [1.807, 2.05) is 4.57 Å². The first-order chi connectivity index (χ1) is 9.78. The number of amides is 1. The monoisotopic (exact) mass is 329 g/mol. The van der Waals surface area contributed by atoms with Crippen LogP contribution in [-0.2, 0) is 19.1 Å². The number of carbonyl (C=O) groups is 2. The van der Waals surface area contributed by atoms with Crippen molar-refractivity contribution < 1.29 is 24.2 Å². The van der Waals surface area contributed by atoms with Crippen LogP contribution in [0.25, 0.3) is 0 Å². The SMILES string of the molecule is CC1(C)O[C@@H]([C@@H]2CC(=O)N2[Si](C)(C)C(C)(C)C)[C@@H](C(=O)O)O1. The molecule has 2 aliphatic rings. The van der Waals surface area contributed by atoms with Crippen molar-refractivity contribution >= 4 is 20.1 Å². The predicted octanol–water partition coefficient (Wildman–Crippen LogP) is 2.20. The molecule has 1 amide bonds. The summed E-state index contributed by atoms with van der Waals surface area (Å²) in [5, 5.41) is 9.40. The maximum absolute atomic E-state index is 12.2. The predicted molar refractivity (Wildman–Crippen MR) is 83.9 cm³/mol. The van der Waals surface area contributed by atoms with Gasteiger partial charge in [0.1, 0.15) is 6.10 Å². The van der Waals surface area contributed by atoms with Gasteiger partial charge >= 0.3 is 5.97 Å². The first-order valence-electron chi connectivity index (χ1n) is 7.68. The lowest BCUT2D eigenvalue weighted by Gasteiger charge is -2.56. The minimum atomic E-state index is -2.07. The maximum Gasteiger partial charge on any atom is 0.335 e. The lowest BCUT2D eigenvalue weighted by Crippen LogP contribution is -2.72. The van der Waals surface area contributed by atoms with E-state index in [1.54, 1.807) is 13.8 Å². The zero-order chi connectivity index (χ0) is 17.1. The van der Waals surface area contributed by atoms with Gasteiger partial charge in [-0.05, 0) is 18.9 Å². The second-order valence-corrected chi connectivity index (χ2v) is 13.3. The highest BCUT2D eigenvalue weighted by Crippen LogP contribution is 2.46. The van der Waals surface area contributed by atoms with Crippen LogP contribution in [0, 0.1) is 0 Å². The van der Waals surface area contributed by atoms with Crippen LogP contribution >= 0.6 is 0 Å². The minimum Gasteiger partial charge on any atom is -0.479 e. The number of aliphatic carboxylic acids is 1. The van der Waals surface area contributed by atoms with Gasteiger partial charge in [0.15, 0.2) is 20.1 Å². The highest BCUT2D eigenvalue weighted by Gasteiger charge is 2.59. The molecule has 3 atom stereocenters. The summed E-state index contributed by atoms with van der Waals surface area (Å²) in [6.07, 6.45) is -1.31. The first kappa shape index (κ1) is 17.4. The normalized spacial score (nSPS) is 32.0. The Labute approximate surface area is 132 Å². The number of nitrogens with zero attached hydrogens (tertiary/aromatic N) is 1. The Kier molecular flexibility index (Phi) is 3.99. The average Bonchev–Trinajstić information content (AvgIpc) is 2.59. The fourth-order valence-corrected chi connectivity index (χ4v) is 5.56. The van der Waals surface area contributed by atoms with E-state index in [4.69, 9.17) is 9.47 Å². The molecule has 22 heavy (non-hydrogen) atoms. The number of hydrogen-bond acceptors (Lipinski definition) is 4. The van der Waals surface area contributed by atoms with Crippen molar-refractivity contribution in [2.45, 2.75) is 83.2 Å². The van der Waals surface area contributed by atoms with Crippen molar-refractivity contribution in [2.75, 3.05) is 0 Å². The Balaban J connectivity index is 2.29. The molecule has 6 nitrogen and oxygen atoms in total. The smallest absolute Gasteiger partial charge is 0.335 e. The molecule has 7 heteroatoms. The molecule has 0 spiro atoms. The Morgan fingerprint density at radius 3 is 2.27 bits per heavy atom. The van der Waals surface area contributed by atoms with Gasteiger partial charge in [0.25, 0.3) is 0 Å². The highest BCUT2D eigenvalue weighted by atomic mass is 28.3. The number of carbonyl (C=O) groups excluding carboxylic acids is 1. The molecule has 2 heterocycles. The average molecular weight is 329 g/mol. The maximum atomic E-state index is 12.2. The number of carboxylic acid groups (broad SMARTS) is 1. The summed E-state index contributed by atoms with van der Waals surface area (Å²) < 4.78 is 13.3. The van der Waals surface area contributed by atoms with Crippen LogP contribution in [-0.4, -0.2) is 53.8 Å². The zero-order valence-corrected chi connectivity index (χ0v) is 15.5. The minimum absolute atomic E-state index is 0.00493. The standard InChI is InChI=1S/C15H27NO5Si/c1-14(2,3)22(6,7)16-9(8-10(16)17)11-12(13(18)19)21-15(4,5)20-11/h9,11-12H,8H2,1-7H3,(H,18,19)/t9-,11-,12-/m0/s1. The third-order valence-corrected chi connectivity index (χ3v) is 10.6. The first-order valence-corrected chi connectivity index (χ1v) is 10.6. The fourth-order valence-electron chi connectivity index (χ4n) is 3.05. The Morgan fingerprint density at radius 2 is 1.86 bits per heavy atom. The molecular formula is C15H27NO5Si. The van der Waals surface area contributed by atoms with Crippen molar-refractivity contribution in [2.24, 2.45) is 0 Å². The van der Waals surface area contributed by atoms with Crippen LogP contribution in [0.15, 0.2) is 0 Å². The highest BCUT2D eigenvalue weighted by molar-refractivity contribution is 6.80. The van der Waals surface area contributed by atoms with Gasteiger partial charge < -0.3 is 19.1 Å². The second kappa shape index (κ2) is 5.04. The summed E-state index contributed by atoms with van der Waals surface area (Å²) in [4.78, 5) is 23.7. The van der Waals surface area contributed by atoms with E-state index < -0.39 is 32.2 Å². The summed E-state index contributed by atoms with van der Waals surface area (Å²) >= 11 is 0. The van der Waals surface area contributed by atoms with Crippen LogP contribution in [0.1, 0.15) is 41.0 Å².